The smallest absolute Gasteiger partial charge is 0.0447 e. The number of rotatable bonds is 5. The number of hydrogen-bond acceptors (Lipinski definition) is 2. The summed E-state index contributed by atoms with van der Waals surface area (Å²) in [6, 6.07) is 41.3. The van der Waals surface area contributed by atoms with Crippen molar-refractivity contribution >= 4 is 16.8 Å². The lowest BCUT2D eigenvalue weighted by atomic mass is 9.85. The fourth-order valence-electron chi connectivity index (χ4n) is 4.57. The Hall–Kier alpha value is -3.62. The summed E-state index contributed by atoms with van der Waals surface area (Å²) in [6.07, 6.45) is 0. The third-order valence-electron chi connectivity index (χ3n) is 6.07. The first kappa shape index (κ1) is 20.3. The van der Waals surface area contributed by atoms with E-state index in [-0.39, 0.29) is 0 Å². The fraction of sp³-hybridized carbons (Fsp3) is 0.133. The number of benzene rings is 4. The summed E-state index contributed by atoms with van der Waals surface area (Å²) in [7, 11) is 0. The Morgan fingerprint density at radius 3 is 1.47 bits per heavy atom. The second kappa shape index (κ2) is 9.67. The Morgan fingerprint density at radius 2 is 0.938 bits per heavy atom. The zero-order valence-corrected chi connectivity index (χ0v) is 18.2. The van der Waals surface area contributed by atoms with Crippen LogP contribution in [0.25, 0.3) is 11.1 Å². The predicted octanol–water partition coefficient (Wildman–Crippen LogP) is 6.10. The van der Waals surface area contributed by atoms with Gasteiger partial charge in [0.05, 0.1) is 0 Å². The van der Waals surface area contributed by atoms with Crippen LogP contribution in [0, 0.1) is 0 Å². The molecule has 0 atom stereocenters. The van der Waals surface area contributed by atoms with E-state index >= 15 is 0 Å². The maximum atomic E-state index is 3.49. The van der Waals surface area contributed by atoms with E-state index in [1.165, 1.54) is 39.1 Å². The number of anilines is 1. The highest BCUT2D eigenvalue weighted by Crippen LogP contribution is 2.40. The number of nitrogens with zero attached hydrogens (tertiary/aromatic N) is 1. The predicted molar refractivity (Wildman–Crippen MR) is 136 cm³/mol. The summed E-state index contributed by atoms with van der Waals surface area (Å²) in [6.45, 7) is 4.07. The Bertz CT molecular complexity index is 1130. The van der Waals surface area contributed by atoms with Gasteiger partial charge in [0.25, 0.3) is 0 Å². The molecule has 0 aliphatic carbocycles. The van der Waals surface area contributed by atoms with Gasteiger partial charge in [-0.05, 0) is 33.9 Å². The maximum absolute atomic E-state index is 3.49. The van der Waals surface area contributed by atoms with Crippen LogP contribution >= 0.6 is 0 Å². The second-order valence-electron chi connectivity index (χ2n) is 8.10. The SMILES string of the molecule is c1ccc(C(=C(c2ccccc2)c2ccccc2N2CCNCC2)c2ccccc2)cc1. The molecule has 0 bridgehead atoms. The van der Waals surface area contributed by atoms with Crippen molar-refractivity contribution in [2.45, 2.75) is 0 Å². The van der Waals surface area contributed by atoms with E-state index in [1.54, 1.807) is 0 Å². The molecule has 0 saturated carbocycles. The van der Waals surface area contributed by atoms with Gasteiger partial charge in [0.1, 0.15) is 0 Å². The van der Waals surface area contributed by atoms with Crippen LogP contribution in [0.1, 0.15) is 22.3 Å². The van der Waals surface area contributed by atoms with Gasteiger partial charge >= 0.3 is 0 Å². The molecule has 0 radical (unpaired) electrons. The van der Waals surface area contributed by atoms with Crippen molar-refractivity contribution in [3.05, 3.63) is 138 Å². The molecule has 1 heterocycles. The van der Waals surface area contributed by atoms with Gasteiger partial charge in [-0.25, -0.2) is 0 Å². The first-order valence-corrected chi connectivity index (χ1v) is 11.4. The first-order valence-electron chi connectivity index (χ1n) is 11.4. The zero-order chi connectivity index (χ0) is 21.6. The van der Waals surface area contributed by atoms with E-state index in [4.69, 9.17) is 0 Å². The molecule has 4 aromatic rings. The molecule has 1 aliphatic rings. The van der Waals surface area contributed by atoms with Gasteiger partial charge in [0.2, 0.25) is 0 Å². The average molecular weight is 417 g/mol. The van der Waals surface area contributed by atoms with Crippen LogP contribution in [-0.4, -0.2) is 26.2 Å². The maximum Gasteiger partial charge on any atom is 0.0447 e. The topological polar surface area (TPSA) is 15.3 Å². The molecular formula is C30H28N2. The second-order valence-corrected chi connectivity index (χ2v) is 8.10. The standard InChI is InChI=1S/C30H28N2/c1-4-12-24(13-5-1)29(25-14-6-2-7-15-25)30(26-16-8-3-9-17-26)27-18-10-11-19-28(27)32-22-20-31-21-23-32/h1-19,31H,20-23H2. The summed E-state index contributed by atoms with van der Waals surface area (Å²) >= 11 is 0. The van der Waals surface area contributed by atoms with Crippen LogP contribution in [0.15, 0.2) is 115 Å². The summed E-state index contributed by atoms with van der Waals surface area (Å²) < 4.78 is 0. The number of nitrogens with one attached hydrogen (secondary N) is 1. The molecule has 1 fully saturated rings. The van der Waals surface area contributed by atoms with E-state index in [1.807, 2.05) is 0 Å². The van der Waals surface area contributed by atoms with Crippen LogP contribution in [0.3, 0.4) is 0 Å². The van der Waals surface area contributed by atoms with Crippen LogP contribution in [0.5, 0.6) is 0 Å². The lowest BCUT2D eigenvalue weighted by Gasteiger charge is -2.32. The molecule has 2 nitrogen and oxygen atoms in total. The molecule has 0 unspecified atom stereocenters. The van der Waals surface area contributed by atoms with Crippen molar-refractivity contribution in [3.8, 4) is 0 Å². The van der Waals surface area contributed by atoms with Crippen molar-refractivity contribution in [2.24, 2.45) is 0 Å². The fourth-order valence-corrected chi connectivity index (χ4v) is 4.57. The molecule has 5 rings (SSSR count). The Labute approximate surface area is 190 Å². The van der Waals surface area contributed by atoms with Gasteiger partial charge in [0.15, 0.2) is 0 Å². The third-order valence-corrected chi connectivity index (χ3v) is 6.07. The van der Waals surface area contributed by atoms with Crippen molar-refractivity contribution < 1.29 is 0 Å². The van der Waals surface area contributed by atoms with Gasteiger partial charge in [-0.15, -0.1) is 0 Å². The Balaban J connectivity index is 1.83. The van der Waals surface area contributed by atoms with Crippen LogP contribution in [0.4, 0.5) is 5.69 Å². The van der Waals surface area contributed by atoms with E-state index < -0.39 is 0 Å². The summed E-state index contributed by atoms with van der Waals surface area (Å²) in [5.41, 5.74) is 8.82. The lowest BCUT2D eigenvalue weighted by Crippen LogP contribution is -2.43. The van der Waals surface area contributed by atoms with E-state index in [9.17, 15) is 0 Å². The molecule has 1 N–H and O–H groups in total. The van der Waals surface area contributed by atoms with Gasteiger partial charge in [0, 0.05) is 37.4 Å². The number of para-hydroxylation sites is 1. The molecule has 32 heavy (non-hydrogen) atoms. The molecule has 1 saturated heterocycles. The molecule has 0 spiro atoms. The van der Waals surface area contributed by atoms with Gasteiger partial charge in [-0.1, -0.05) is 109 Å². The van der Waals surface area contributed by atoms with E-state index in [0.29, 0.717) is 0 Å². The number of hydrogen-bond donors (Lipinski definition) is 1. The van der Waals surface area contributed by atoms with Crippen molar-refractivity contribution in [1.29, 1.82) is 0 Å². The molecule has 158 valence electrons. The molecule has 4 aromatic carbocycles. The lowest BCUT2D eigenvalue weighted by molar-refractivity contribution is 0.589. The van der Waals surface area contributed by atoms with Gasteiger partial charge in [-0.2, -0.15) is 0 Å². The summed E-state index contributed by atoms with van der Waals surface area (Å²) in [4.78, 5) is 2.52. The minimum atomic E-state index is 1.02. The molecule has 0 amide bonds. The molecule has 0 aromatic heterocycles. The minimum Gasteiger partial charge on any atom is -0.368 e. The third kappa shape index (κ3) is 4.23. The monoisotopic (exact) mass is 416 g/mol. The zero-order valence-electron chi connectivity index (χ0n) is 18.2. The van der Waals surface area contributed by atoms with Crippen molar-refractivity contribution in [1.82, 2.24) is 5.32 Å². The normalized spacial score (nSPS) is 13.6. The average Bonchev–Trinajstić information content (AvgIpc) is 2.89. The highest BCUT2D eigenvalue weighted by molar-refractivity contribution is 6.06. The summed E-state index contributed by atoms with van der Waals surface area (Å²) in [5, 5.41) is 3.49. The summed E-state index contributed by atoms with van der Waals surface area (Å²) in [5.74, 6) is 0. The number of piperazine rings is 1. The Morgan fingerprint density at radius 1 is 0.500 bits per heavy atom. The molecular weight excluding hydrogens is 388 g/mol. The van der Waals surface area contributed by atoms with E-state index in [2.05, 4.69) is 125 Å². The molecule has 1 aliphatic heterocycles. The van der Waals surface area contributed by atoms with Crippen molar-refractivity contribution in [2.75, 3.05) is 31.1 Å². The molecule has 2 heteroatoms. The van der Waals surface area contributed by atoms with Crippen LogP contribution < -0.4 is 10.2 Å². The van der Waals surface area contributed by atoms with Crippen LogP contribution in [0.2, 0.25) is 0 Å². The Kier molecular flexibility index (Phi) is 6.13. The van der Waals surface area contributed by atoms with Gasteiger partial charge < -0.3 is 10.2 Å². The van der Waals surface area contributed by atoms with Gasteiger partial charge in [-0.3, -0.25) is 0 Å². The first-order chi connectivity index (χ1) is 15.9. The van der Waals surface area contributed by atoms with E-state index in [0.717, 1.165) is 26.2 Å². The highest BCUT2D eigenvalue weighted by atomic mass is 15.2. The quantitative estimate of drug-likeness (QED) is 0.395. The highest BCUT2D eigenvalue weighted by Gasteiger charge is 2.21. The van der Waals surface area contributed by atoms with Crippen molar-refractivity contribution in [3.63, 3.8) is 0 Å². The minimum absolute atomic E-state index is 1.02. The largest absolute Gasteiger partial charge is 0.368 e. The van der Waals surface area contributed by atoms with Crippen LogP contribution in [-0.2, 0) is 0 Å².